The topological polar surface area (TPSA) is 58.6 Å². The lowest BCUT2D eigenvalue weighted by atomic mass is 10.1. The Balaban J connectivity index is 2.68. The summed E-state index contributed by atoms with van der Waals surface area (Å²) in [5.74, 6) is -0.889. The molecule has 2 N–H and O–H groups in total. The fourth-order valence-corrected chi connectivity index (χ4v) is 1.70. The lowest BCUT2D eigenvalue weighted by molar-refractivity contribution is -0.139. The molecule has 0 aliphatic carbocycles. The monoisotopic (exact) mass is 273 g/mol. The predicted octanol–water partition coefficient (Wildman–Crippen LogP) is 2.63. The Morgan fingerprint density at radius 3 is 2.68 bits per heavy atom. The van der Waals surface area contributed by atoms with Crippen LogP contribution in [0.5, 0.6) is 5.75 Å². The average Bonchev–Trinajstić information content (AvgIpc) is 2.35. The Kier molecular flexibility index (Phi) is 6.21. The first-order valence-electron chi connectivity index (χ1n) is 6.03. The Morgan fingerprint density at radius 2 is 2.11 bits per heavy atom. The van der Waals surface area contributed by atoms with Gasteiger partial charge in [0.1, 0.15) is 11.8 Å². The maximum absolute atomic E-state index is 12.2. The summed E-state index contributed by atoms with van der Waals surface area (Å²) in [5, 5.41) is 11.8. The van der Waals surface area contributed by atoms with Gasteiger partial charge in [-0.1, -0.05) is 31.5 Å². The molecule has 1 unspecified atom stereocenters. The number of nitrogens with one attached hydrogen (secondary N) is 1. The highest BCUT2D eigenvalue weighted by Crippen LogP contribution is 2.20. The molecule has 0 spiro atoms. The van der Waals surface area contributed by atoms with E-state index in [-0.39, 0.29) is 12.3 Å². The van der Waals surface area contributed by atoms with Crippen molar-refractivity contribution in [3.63, 3.8) is 0 Å². The predicted molar refractivity (Wildman–Crippen MR) is 66.2 cm³/mol. The van der Waals surface area contributed by atoms with Crippen molar-refractivity contribution in [3.8, 4) is 5.75 Å². The number of benzene rings is 1. The van der Waals surface area contributed by atoms with Crippen LogP contribution < -0.4 is 10.1 Å². The Morgan fingerprint density at radius 1 is 1.42 bits per heavy atom. The van der Waals surface area contributed by atoms with Crippen LogP contribution in [0.1, 0.15) is 25.3 Å². The first-order chi connectivity index (χ1) is 9.04. The van der Waals surface area contributed by atoms with Gasteiger partial charge in [-0.25, -0.2) is 0 Å². The van der Waals surface area contributed by atoms with E-state index in [0.29, 0.717) is 12.0 Å². The number of halogens is 2. The molecule has 0 heterocycles. The van der Waals surface area contributed by atoms with Gasteiger partial charge in [-0.3, -0.25) is 4.79 Å². The molecule has 1 rings (SSSR count). The van der Waals surface area contributed by atoms with Gasteiger partial charge in [-0.05, 0) is 12.5 Å². The number of carboxylic acid groups (broad SMARTS) is 1. The molecule has 0 bridgehead atoms. The zero-order chi connectivity index (χ0) is 14.3. The van der Waals surface area contributed by atoms with E-state index in [9.17, 15) is 13.6 Å². The molecule has 1 aromatic rings. The van der Waals surface area contributed by atoms with Crippen molar-refractivity contribution < 1.29 is 23.4 Å². The van der Waals surface area contributed by atoms with Gasteiger partial charge in [-0.15, -0.1) is 0 Å². The molecular formula is C13H17F2NO3. The summed E-state index contributed by atoms with van der Waals surface area (Å²) >= 11 is 0. The minimum atomic E-state index is -2.90. The highest BCUT2D eigenvalue weighted by molar-refractivity contribution is 5.73. The molecule has 0 saturated heterocycles. The molecule has 19 heavy (non-hydrogen) atoms. The number of para-hydroxylation sites is 1. The molecule has 106 valence electrons. The van der Waals surface area contributed by atoms with E-state index >= 15 is 0 Å². The van der Waals surface area contributed by atoms with Gasteiger partial charge in [0.25, 0.3) is 0 Å². The SMILES string of the molecule is CCCC(NCc1ccccc1OC(F)F)C(=O)O. The second-order valence-corrected chi connectivity index (χ2v) is 4.05. The first-order valence-corrected chi connectivity index (χ1v) is 6.03. The fourth-order valence-electron chi connectivity index (χ4n) is 1.70. The maximum Gasteiger partial charge on any atom is 0.387 e. The molecule has 0 amide bonds. The third-order valence-corrected chi connectivity index (χ3v) is 2.60. The zero-order valence-electron chi connectivity index (χ0n) is 10.6. The molecule has 0 fully saturated rings. The van der Waals surface area contributed by atoms with E-state index < -0.39 is 18.6 Å². The quantitative estimate of drug-likeness (QED) is 0.764. The summed E-state index contributed by atoms with van der Waals surface area (Å²) in [5.41, 5.74) is 0.505. The number of alkyl halides is 2. The van der Waals surface area contributed by atoms with E-state index in [0.717, 1.165) is 6.42 Å². The highest BCUT2D eigenvalue weighted by atomic mass is 19.3. The second-order valence-electron chi connectivity index (χ2n) is 4.05. The van der Waals surface area contributed by atoms with Crippen LogP contribution in [0.3, 0.4) is 0 Å². The van der Waals surface area contributed by atoms with E-state index in [1.165, 1.54) is 6.07 Å². The summed E-state index contributed by atoms with van der Waals surface area (Å²) in [6.07, 6.45) is 1.20. The smallest absolute Gasteiger partial charge is 0.387 e. The first kappa shape index (κ1) is 15.4. The number of ether oxygens (including phenoxy) is 1. The van der Waals surface area contributed by atoms with Gasteiger partial charge < -0.3 is 15.2 Å². The molecule has 0 aromatic heterocycles. The maximum atomic E-state index is 12.2. The van der Waals surface area contributed by atoms with Gasteiger partial charge in [0, 0.05) is 12.1 Å². The average molecular weight is 273 g/mol. The van der Waals surface area contributed by atoms with Crippen LogP contribution in [0, 0.1) is 0 Å². The Bertz CT molecular complexity index is 413. The van der Waals surface area contributed by atoms with Crippen molar-refractivity contribution in [1.82, 2.24) is 5.32 Å². The summed E-state index contributed by atoms with van der Waals surface area (Å²) in [4.78, 5) is 11.0. The highest BCUT2D eigenvalue weighted by Gasteiger charge is 2.16. The molecule has 0 radical (unpaired) electrons. The van der Waals surface area contributed by atoms with Crippen LogP contribution >= 0.6 is 0 Å². The summed E-state index contributed by atoms with van der Waals surface area (Å²) in [6, 6.07) is 5.63. The number of rotatable bonds is 8. The molecule has 1 aromatic carbocycles. The van der Waals surface area contributed by atoms with Gasteiger partial charge in [0.05, 0.1) is 0 Å². The van der Waals surface area contributed by atoms with Crippen molar-refractivity contribution in [1.29, 1.82) is 0 Å². The number of carboxylic acids is 1. The molecular weight excluding hydrogens is 256 g/mol. The lowest BCUT2D eigenvalue weighted by Gasteiger charge is -2.15. The normalized spacial score (nSPS) is 12.4. The number of hydrogen-bond acceptors (Lipinski definition) is 3. The van der Waals surface area contributed by atoms with Crippen LogP contribution in [0.25, 0.3) is 0 Å². The summed E-state index contributed by atoms with van der Waals surface area (Å²) < 4.78 is 28.8. The van der Waals surface area contributed by atoms with Crippen LogP contribution in [0.15, 0.2) is 24.3 Å². The Hall–Kier alpha value is -1.69. The van der Waals surface area contributed by atoms with Gasteiger partial charge in [0.15, 0.2) is 0 Å². The minimum absolute atomic E-state index is 0.0608. The summed E-state index contributed by atoms with van der Waals surface area (Å²) in [7, 11) is 0. The zero-order valence-corrected chi connectivity index (χ0v) is 10.6. The third-order valence-electron chi connectivity index (χ3n) is 2.60. The minimum Gasteiger partial charge on any atom is -0.480 e. The van der Waals surface area contributed by atoms with E-state index in [4.69, 9.17) is 5.11 Å². The van der Waals surface area contributed by atoms with Crippen molar-refractivity contribution >= 4 is 5.97 Å². The van der Waals surface area contributed by atoms with Crippen molar-refractivity contribution in [2.24, 2.45) is 0 Å². The number of hydrogen-bond donors (Lipinski definition) is 2. The largest absolute Gasteiger partial charge is 0.480 e. The fraction of sp³-hybridized carbons (Fsp3) is 0.462. The molecule has 0 aliphatic heterocycles. The second kappa shape index (κ2) is 7.68. The molecule has 6 heteroatoms. The van der Waals surface area contributed by atoms with Crippen LogP contribution in [0.4, 0.5) is 8.78 Å². The molecule has 4 nitrogen and oxygen atoms in total. The lowest BCUT2D eigenvalue weighted by Crippen LogP contribution is -2.36. The Labute approximate surface area is 110 Å². The third kappa shape index (κ3) is 5.21. The van der Waals surface area contributed by atoms with Crippen LogP contribution in [-0.2, 0) is 11.3 Å². The van der Waals surface area contributed by atoms with E-state index in [1.54, 1.807) is 18.2 Å². The van der Waals surface area contributed by atoms with Crippen molar-refractivity contribution in [2.45, 2.75) is 39.0 Å². The van der Waals surface area contributed by atoms with E-state index in [1.807, 2.05) is 6.92 Å². The standard InChI is InChI=1S/C13H17F2NO3/c1-2-5-10(12(17)18)16-8-9-6-3-4-7-11(9)19-13(14)15/h3-4,6-7,10,13,16H,2,5,8H2,1H3,(H,17,18). The number of carbonyl (C=O) groups is 1. The van der Waals surface area contributed by atoms with Gasteiger partial charge in [0.2, 0.25) is 0 Å². The summed E-state index contributed by atoms with van der Waals surface area (Å²) in [6.45, 7) is -0.849. The molecule has 0 aliphatic rings. The van der Waals surface area contributed by atoms with E-state index in [2.05, 4.69) is 10.1 Å². The van der Waals surface area contributed by atoms with Gasteiger partial charge >= 0.3 is 12.6 Å². The molecule has 1 atom stereocenters. The molecule has 0 saturated carbocycles. The van der Waals surface area contributed by atoms with Crippen molar-refractivity contribution in [3.05, 3.63) is 29.8 Å². The van der Waals surface area contributed by atoms with Gasteiger partial charge in [-0.2, -0.15) is 8.78 Å². The van der Waals surface area contributed by atoms with Crippen LogP contribution in [0.2, 0.25) is 0 Å². The van der Waals surface area contributed by atoms with Crippen LogP contribution in [-0.4, -0.2) is 23.7 Å². The number of aliphatic carboxylic acids is 1. The van der Waals surface area contributed by atoms with Crippen molar-refractivity contribution in [2.75, 3.05) is 0 Å².